The normalized spacial score (nSPS) is 12.0. The average molecular weight is 635 g/mol. The van der Waals surface area contributed by atoms with Crippen LogP contribution in [0.25, 0.3) is 0 Å². The molecule has 3 rings (SSSR count). The second kappa shape index (κ2) is 15.3. The minimum atomic E-state index is -4.20. The molecule has 0 aliphatic rings. The minimum Gasteiger partial charge on any atom is -0.497 e. The van der Waals surface area contributed by atoms with Crippen molar-refractivity contribution in [2.45, 2.75) is 57.5 Å². The van der Waals surface area contributed by atoms with Gasteiger partial charge in [-0.25, -0.2) is 8.42 Å². The Morgan fingerprint density at radius 2 is 1.57 bits per heavy atom. The van der Waals surface area contributed by atoms with Crippen LogP contribution in [-0.4, -0.2) is 51.4 Å². The number of aryl methyl sites for hydroxylation is 1. The molecule has 0 saturated heterocycles. The Morgan fingerprint density at radius 1 is 0.952 bits per heavy atom. The lowest BCUT2D eigenvalue weighted by Crippen LogP contribution is -2.52. The van der Waals surface area contributed by atoms with Crippen LogP contribution < -0.4 is 14.4 Å². The van der Waals surface area contributed by atoms with Gasteiger partial charge in [-0.05, 0) is 68.3 Å². The summed E-state index contributed by atoms with van der Waals surface area (Å²) in [4.78, 5) is 28.8. The second-order valence-corrected chi connectivity index (χ2v) is 12.5. The first-order valence-corrected chi connectivity index (χ1v) is 16.0. The molecule has 3 aromatic rings. The number of methoxy groups -OCH3 is 1. The van der Waals surface area contributed by atoms with Crippen LogP contribution in [-0.2, 0) is 26.2 Å². The third-order valence-corrected chi connectivity index (χ3v) is 9.35. The van der Waals surface area contributed by atoms with Crippen molar-refractivity contribution in [3.8, 4) is 5.75 Å². The monoisotopic (exact) mass is 633 g/mol. The van der Waals surface area contributed by atoms with Crippen molar-refractivity contribution in [1.82, 2.24) is 10.2 Å². The molecule has 0 saturated carbocycles. The summed E-state index contributed by atoms with van der Waals surface area (Å²) in [6, 6.07) is 16.9. The Balaban J connectivity index is 2.07. The van der Waals surface area contributed by atoms with Crippen molar-refractivity contribution < 1.29 is 22.7 Å². The molecule has 2 amide bonds. The van der Waals surface area contributed by atoms with E-state index in [0.29, 0.717) is 40.0 Å². The molecule has 0 aliphatic carbocycles. The standard InChI is InChI=1S/C31H37Cl2N3O5S/c1-5-7-19-34-31(38)29(6-2)35(20-26-27(32)9-8-10-28(26)33)30(37)21-36(23-13-11-22(3)12-14-23)42(39,40)25-17-15-24(41-4)16-18-25/h8-18,29H,5-7,19-21H2,1-4H3,(H,34,38)/t29-/m1/s1. The van der Waals surface area contributed by atoms with Gasteiger partial charge in [0, 0.05) is 28.7 Å². The van der Waals surface area contributed by atoms with Crippen LogP contribution in [0.5, 0.6) is 5.75 Å². The fourth-order valence-electron chi connectivity index (χ4n) is 4.39. The zero-order valence-corrected chi connectivity index (χ0v) is 26.6. The number of ether oxygens (including phenoxy) is 1. The highest BCUT2D eigenvalue weighted by Gasteiger charge is 2.34. The van der Waals surface area contributed by atoms with E-state index in [1.807, 2.05) is 13.8 Å². The molecular weight excluding hydrogens is 597 g/mol. The van der Waals surface area contributed by atoms with Crippen molar-refractivity contribution in [2.24, 2.45) is 0 Å². The Hall–Kier alpha value is -3.27. The van der Waals surface area contributed by atoms with E-state index in [0.717, 1.165) is 22.7 Å². The van der Waals surface area contributed by atoms with E-state index < -0.39 is 28.5 Å². The molecular formula is C31H37Cl2N3O5S. The Labute approximate surface area is 258 Å². The van der Waals surface area contributed by atoms with Gasteiger partial charge < -0.3 is 15.0 Å². The molecule has 0 aliphatic heterocycles. The SMILES string of the molecule is CCCCNC(=O)[C@@H](CC)N(Cc1c(Cl)cccc1Cl)C(=O)CN(c1ccc(C)cc1)S(=O)(=O)c1ccc(OC)cc1. The van der Waals surface area contributed by atoms with E-state index in [2.05, 4.69) is 5.32 Å². The van der Waals surface area contributed by atoms with Gasteiger partial charge in [-0.1, -0.05) is 67.2 Å². The van der Waals surface area contributed by atoms with Crippen molar-refractivity contribution in [1.29, 1.82) is 0 Å². The maximum absolute atomic E-state index is 14.2. The summed E-state index contributed by atoms with van der Waals surface area (Å²) < 4.78 is 34.2. The predicted molar refractivity (Wildman–Crippen MR) is 168 cm³/mol. The van der Waals surface area contributed by atoms with E-state index >= 15 is 0 Å². The number of anilines is 1. The van der Waals surface area contributed by atoms with Crippen LogP contribution in [0.4, 0.5) is 5.69 Å². The number of sulfonamides is 1. The topological polar surface area (TPSA) is 96.0 Å². The molecule has 42 heavy (non-hydrogen) atoms. The summed E-state index contributed by atoms with van der Waals surface area (Å²) in [6.07, 6.45) is 1.97. The van der Waals surface area contributed by atoms with Crippen molar-refractivity contribution in [3.63, 3.8) is 0 Å². The quantitative estimate of drug-likeness (QED) is 0.212. The van der Waals surface area contributed by atoms with Crippen LogP contribution in [0.2, 0.25) is 10.0 Å². The molecule has 0 bridgehead atoms. The second-order valence-electron chi connectivity index (χ2n) is 9.81. The van der Waals surface area contributed by atoms with E-state index in [1.54, 1.807) is 61.5 Å². The third kappa shape index (κ3) is 8.18. The molecule has 1 atom stereocenters. The lowest BCUT2D eigenvalue weighted by molar-refractivity contribution is -0.140. The third-order valence-electron chi connectivity index (χ3n) is 6.85. The number of hydrogen-bond donors (Lipinski definition) is 1. The molecule has 0 unspecified atom stereocenters. The lowest BCUT2D eigenvalue weighted by Gasteiger charge is -2.33. The summed E-state index contributed by atoms with van der Waals surface area (Å²) in [5, 5.41) is 3.57. The molecule has 11 heteroatoms. The van der Waals surface area contributed by atoms with Crippen LogP contribution in [0, 0.1) is 6.92 Å². The van der Waals surface area contributed by atoms with Crippen molar-refractivity contribution >= 4 is 50.7 Å². The summed E-state index contributed by atoms with van der Waals surface area (Å²) in [6.45, 7) is 5.52. The zero-order chi connectivity index (χ0) is 30.9. The van der Waals surface area contributed by atoms with Gasteiger partial charge in [-0.15, -0.1) is 0 Å². The highest BCUT2D eigenvalue weighted by Crippen LogP contribution is 2.29. The van der Waals surface area contributed by atoms with Crippen LogP contribution >= 0.6 is 23.2 Å². The largest absolute Gasteiger partial charge is 0.497 e. The van der Waals surface area contributed by atoms with Gasteiger partial charge in [-0.2, -0.15) is 0 Å². The molecule has 0 heterocycles. The summed E-state index contributed by atoms with van der Waals surface area (Å²) in [5.41, 5.74) is 1.70. The minimum absolute atomic E-state index is 0.0123. The number of halogens is 2. The molecule has 3 aromatic carbocycles. The van der Waals surface area contributed by atoms with Gasteiger partial charge in [0.15, 0.2) is 0 Å². The van der Waals surface area contributed by atoms with Crippen LogP contribution in [0.3, 0.4) is 0 Å². The molecule has 0 spiro atoms. The first-order chi connectivity index (χ1) is 20.0. The summed E-state index contributed by atoms with van der Waals surface area (Å²) in [7, 11) is -2.71. The molecule has 226 valence electrons. The first kappa shape index (κ1) is 33.2. The van der Waals surface area contributed by atoms with Gasteiger partial charge >= 0.3 is 0 Å². The lowest BCUT2D eigenvalue weighted by atomic mass is 10.1. The van der Waals surface area contributed by atoms with E-state index in [4.69, 9.17) is 27.9 Å². The fourth-order valence-corrected chi connectivity index (χ4v) is 6.33. The number of hydrogen-bond acceptors (Lipinski definition) is 5. The highest BCUT2D eigenvalue weighted by molar-refractivity contribution is 7.92. The number of benzene rings is 3. The predicted octanol–water partition coefficient (Wildman–Crippen LogP) is 6.23. The number of amides is 2. The maximum atomic E-state index is 14.2. The molecule has 0 aromatic heterocycles. The number of carbonyl (C=O) groups excluding carboxylic acids is 2. The van der Waals surface area contributed by atoms with Crippen molar-refractivity contribution in [3.05, 3.63) is 87.9 Å². The first-order valence-electron chi connectivity index (χ1n) is 13.8. The Kier molecular flexibility index (Phi) is 12.1. The van der Waals surface area contributed by atoms with Gasteiger partial charge in [0.1, 0.15) is 18.3 Å². The number of unbranched alkanes of at least 4 members (excludes halogenated alkanes) is 1. The van der Waals surface area contributed by atoms with E-state index in [9.17, 15) is 18.0 Å². The highest BCUT2D eigenvalue weighted by atomic mass is 35.5. The number of nitrogens with zero attached hydrogens (tertiary/aromatic N) is 2. The molecule has 0 radical (unpaired) electrons. The number of carbonyl (C=O) groups is 2. The van der Waals surface area contributed by atoms with Gasteiger partial charge in [0.25, 0.3) is 10.0 Å². The molecule has 8 nitrogen and oxygen atoms in total. The fraction of sp³-hybridized carbons (Fsp3) is 0.355. The zero-order valence-electron chi connectivity index (χ0n) is 24.3. The molecule has 1 N–H and O–H groups in total. The summed E-state index contributed by atoms with van der Waals surface area (Å²) >= 11 is 12.9. The van der Waals surface area contributed by atoms with Crippen LogP contribution in [0.15, 0.2) is 71.6 Å². The molecule has 0 fully saturated rings. The van der Waals surface area contributed by atoms with Gasteiger partial charge in [0.05, 0.1) is 17.7 Å². The van der Waals surface area contributed by atoms with Crippen LogP contribution in [0.1, 0.15) is 44.2 Å². The van der Waals surface area contributed by atoms with Gasteiger partial charge in [-0.3, -0.25) is 13.9 Å². The average Bonchev–Trinajstić information content (AvgIpc) is 2.97. The van der Waals surface area contributed by atoms with Gasteiger partial charge in [0.2, 0.25) is 11.8 Å². The number of nitrogens with one attached hydrogen (secondary N) is 1. The summed E-state index contributed by atoms with van der Waals surface area (Å²) in [5.74, 6) is -0.418. The Morgan fingerprint density at radius 3 is 2.12 bits per heavy atom. The van der Waals surface area contributed by atoms with E-state index in [1.165, 1.54) is 24.1 Å². The number of rotatable bonds is 14. The maximum Gasteiger partial charge on any atom is 0.264 e. The Bertz CT molecular complexity index is 1440. The smallest absolute Gasteiger partial charge is 0.264 e. The van der Waals surface area contributed by atoms with Crippen molar-refractivity contribution in [2.75, 3.05) is 24.5 Å². The van der Waals surface area contributed by atoms with E-state index in [-0.39, 0.29) is 17.3 Å².